The first-order chi connectivity index (χ1) is 8.75. The van der Waals surface area contributed by atoms with Crippen LogP contribution in [0.1, 0.15) is 0 Å². The van der Waals surface area contributed by atoms with Crippen LogP contribution in [0.4, 0.5) is 0 Å². The third-order valence-electron chi connectivity index (χ3n) is 2.64. The van der Waals surface area contributed by atoms with E-state index >= 15 is 0 Å². The van der Waals surface area contributed by atoms with Crippen LogP contribution in [0.15, 0.2) is 47.4 Å². The van der Waals surface area contributed by atoms with E-state index < -0.39 is 0 Å². The second kappa shape index (κ2) is 4.23. The smallest absolute Gasteiger partial charge is 0.267 e. The lowest BCUT2D eigenvalue weighted by molar-refractivity contribution is 1.03. The van der Waals surface area contributed by atoms with Crippen LogP contribution in [0.3, 0.4) is 0 Å². The highest BCUT2D eigenvalue weighted by atomic mass is 35.5. The lowest BCUT2D eigenvalue weighted by Crippen LogP contribution is -2.12. The molecule has 0 aliphatic heterocycles. The fourth-order valence-electron chi connectivity index (χ4n) is 1.87. The number of benzene rings is 1. The Bertz CT molecular complexity index is 782. The number of nitrogens with zero attached hydrogens (tertiary/aromatic N) is 2. The summed E-state index contributed by atoms with van der Waals surface area (Å²) in [5.41, 5.74) is 2.16. The first-order valence-corrected chi connectivity index (χ1v) is 5.73. The van der Waals surface area contributed by atoms with E-state index in [1.165, 1.54) is 0 Å². The molecule has 0 spiro atoms. The average Bonchev–Trinajstić information content (AvgIpc) is 2.38. The molecule has 3 rings (SSSR count). The standard InChI is InChI=1S/C13H8ClN3O/c14-9-4-1-3-8(7-9)11-12-10(5-2-6-15-12)16-17-13(11)18/h1-7H,(H,17,18). The number of hydrogen-bond donors (Lipinski definition) is 1. The van der Waals surface area contributed by atoms with Crippen molar-refractivity contribution in [2.45, 2.75) is 0 Å². The van der Waals surface area contributed by atoms with Crippen LogP contribution < -0.4 is 5.56 Å². The van der Waals surface area contributed by atoms with E-state index in [0.29, 0.717) is 21.6 Å². The quantitative estimate of drug-likeness (QED) is 0.729. The van der Waals surface area contributed by atoms with Gasteiger partial charge in [-0.2, -0.15) is 5.10 Å². The van der Waals surface area contributed by atoms with Crippen LogP contribution in [0.5, 0.6) is 0 Å². The first kappa shape index (κ1) is 10.9. The first-order valence-electron chi connectivity index (χ1n) is 5.35. The number of aromatic nitrogens is 3. The summed E-state index contributed by atoms with van der Waals surface area (Å²) in [6, 6.07) is 10.7. The summed E-state index contributed by atoms with van der Waals surface area (Å²) < 4.78 is 0. The zero-order valence-electron chi connectivity index (χ0n) is 9.22. The molecule has 5 heteroatoms. The van der Waals surface area contributed by atoms with Gasteiger partial charge in [-0.15, -0.1) is 0 Å². The zero-order valence-corrected chi connectivity index (χ0v) is 9.98. The average molecular weight is 258 g/mol. The number of fused-ring (bicyclic) bond motifs is 1. The van der Waals surface area contributed by atoms with E-state index in [0.717, 1.165) is 5.56 Å². The van der Waals surface area contributed by atoms with Crippen molar-refractivity contribution in [1.29, 1.82) is 0 Å². The lowest BCUT2D eigenvalue weighted by atomic mass is 10.1. The maximum absolute atomic E-state index is 11.9. The molecule has 2 aromatic heterocycles. The molecule has 1 aromatic carbocycles. The maximum Gasteiger partial charge on any atom is 0.274 e. The van der Waals surface area contributed by atoms with Gasteiger partial charge in [0, 0.05) is 11.2 Å². The summed E-state index contributed by atoms with van der Waals surface area (Å²) in [5.74, 6) is 0. The highest BCUT2D eigenvalue weighted by molar-refractivity contribution is 6.30. The van der Waals surface area contributed by atoms with Crippen molar-refractivity contribution in [1.82, 2.24) is 15.2 Å². The van der Waals surface area contributed by atoms with Gasteiger partial charge in [-0.05, 0) is 29.8 Å². The largest absolute Gasteiger partial charge is 0.274 e. The van der Waals surface area contributed by atoms with Gasteiger partial charge in [0.25, 0.3) is 5.56 Å². The number of hydrogen-bond acceptors (Lipinski definition) is 3. The number of H-pyrrole nitrogens is 1. The van der Waals surface area contributed by atoms with Crippen molar-refractivity contribution in [2.24, 2.45) is 0 Å². The van der Waals surface area contributed by atoms with Gasteiger partial charge in [0.05, 0.1) is 5.56 Å². The molecule has 1 N–H and O–H groups in total. The van der Waals surface area contributed by atoms with E-state index in [9.17, 15) is 4.79 Å². The maximum atomic E-state index is 11.9. The molecule has 88 valence electrons. The Kier molecular flexibility index (Phi) is 2.57. The van der Waals surface area contributed by atoms with Gasteiger partial charge in [-0.25, -0.2) is 5.10 Å². The minimum atomic E-state index is -0.275. The Hall–Kier alpha value is -2.20. The van der Waals surface area contributed by atoms with Gasteiger partial charge in [0.2, 0.25) is 0 Å². The fourth-order valence-corrected chi connectivity index (χ4v) is 2.06. The number of aromatic amines is 1. The van der Waals surface area contributed by atoms with Crippen molar-refractivity contribution < 1.29 is 0 Å². The molecule has 0 radical (unpaired) electrons. The van der Waals surface area contributed by atoms with Gasteiger partial charge in [-0.3, -0.25) is 9.78 Å². The van der Waals surface area contributed by atoms with E-state index in [4.69, 9.17) is 11.6 Å². The molecule has 3 aromatic rings. The van der Waals surface area contributed by atoms with Gasteiger partial charge in [0.1, 0.15) is 11.0 Å². The van der Waals surface area contributed by atoms with Crippen LogP contribution in [0, 0.1) is 0 Å². The molecule has 0 fully saturated rings. The monoisotopic (exact) mass is 257 g/mol. The molecule has 0 aliphatic rings. The Labute approximate surface area is 107 Å². The fraction of sp³-hybridized carbons (Fsp3) is 0. The predicted molar refractivity (Wildman–Crippen MR) is 70.6 cm³/mol. The molecule has 2 heterocycles. The molecular weight excluding hydrogens is 250 g/mol. The molecule has 0 aliphatic carbocycles. The number of nitrogens with one attached hydrogen (secondary N) is 1. The van der Waals surface area contributed by atoms with E-state index in [-0.39, 0.29) is 5.56 Å². The van der Waals surface area contributed by atoms with E-state index in [1.807, 2.05) is 6.07 Å². The lowest BCUT2D eigenvalue weighted by Gasteiger charge is -2.04. The van der Waals surface area contributed by atoms with Crippen molar-refractivity contribution in [3.63, 3.8) is 0 Å². The molecule has 0 saturated heterocycles. The second-order valence-corrected chi connectivity index (χ2v) is 4.25. The topological polar surface area (TPSA) is 58.6 Å². The molecule has 0 unspecified atom stereocenters. The van der Waals surface area contributed by atoms with Gasteiger partial charge in [0.15, 0.2) is 0 Å². The molecule has 0 amide bonds. The summed E-state index contributed by atoms with van der Waals surface area (Å²) in [6.45, 7) is 0. The van der Waals surface area contributed by atoms with E-state index in [2.05, 4.69) is 15.2 Å². The SMILES string of the molecule is O=c1[nH]nc2cccnc2c1-c1cccc(Cl)c1. The molecule has 4 nitrogen and oxygen atoms in total. The predicted octanol–water partition coefficient (Wildman–Crippen LogP) is 2.64. The summed E-state index contributed by atoms with van der Waals surface area (Å²) in [5, 5.41) is 7.01. The number of halogens is 1. The molecule has 18 heavy (non-hydrogen) atoms. The van der Waals surface area contributed by atoms with Gasteiger partial charge < -0.3 is 0 Å². The molecule has 0 atom stereocenters. The molecule has 0 bridgehead atoms. The minimum Gasteiger partial charge on any atom is -0.267 e. The Balaban J connectivity index is 2.41. The Morgan fingerprint density at radius 3 is 2.89 bits per heavy atom. The molecule has 0 saturated carbocycles. The van der Waals surface area contributed by atoms with Crippen LogP contribution in [-0.4, -0.2) is 15.2 Å². The summed E-state index contributed by atoms with van der Waals surface area (Å²) >= 11 is 5.95. The number of pyridine rings is 1. The van der Waals surface area contributed by atoms with Crippen LogP contribution in [-0.2, 0) is 0 Å². The third kappa shape index (κ3) is 1.76. The second-order valence-electron chi connectivity index (χ2n) is 3.81. The van der Waals surface area contributed by atoms with Crippen LogP contribution >= 0.6 is 11.6 Å². The summed E-state index contributed by atoms with van der Waals surface area (Å²) in [6.07, 6.45) is 1.64. The van der Waals surface area contributed by atoms with Gasteiger partial charge >= 0.3 is 0 Å². The Morgan fingerprint density at radius 1 is 1.17 bits per heavy atom. The molecular formula is C13H8ClN3O. The van der Waals surface area contributed by atoms with Crippen molar-refractivity contribution in [3.05, 3.63) is 58.0 Å². The summed E-state index contributed by atoms with van der Waals surface area (Å²) in [4.78, 5) is 16.2. The zero-order chi connectivity index (χ0) is 12.5. The van der Waals surface area contributed by atoms with Gasteiger partial charge in [-0.1, -0.05) is 23.7 Å². The van der Waals surface area contributed by atoms with Crippen molar-refractivity contribution in [2.75, 3.05) is 0 Å². The van der Waals surface area contributed by atoms with E-state index in [1.54, 1.807) is 36.5 Å². The van der Waals surface area contributed by atoms with Crippen LogP contribution in [0.25, 0.3) is 22.2 Å². The highest BCUT2D eigenvalue weighted by Gasteiger charge is 2.10. The van der Waals surface area contributed by atoms with Crippen molar-refractivity contribution in [3.8, 4) is 11.1 Å². The minimum absolute atomic E-state index is 0.275. The highest BCUT2D eigenvalue weighted by Crippen LogP contribution is 2.24. The van der Waals surface area contributed by atoms with Crippen LogP contribution in [0.2, 0.25) is 5.02 Å². The third-order valence-corrected chi connectivity index (χ3v) is 2.88. The summed E-state index contributed by atoms with van der Waals surface area (Å²) in [7, 11) is 0. The normalized spacial score (nSPS) is 10.7. The van der Waals surface area contributed by atoms with Crippen molar-refractivity contribution >= 4 is 22.6 Å². The number of rotatable bonds is 1. The Morgan fingerprint density at radius 2 is 2.06 bits per heavy atom.